The molecule has 3 rings (SSSR count). The smallest absolute Gasteiger partial charge is 0.305 e. The van der Waals surface area contributed by atoms with Crippen LogP contribution in [0.15, 0.2) is 30.3 Å². The van der Waals surface area contributed by atoms with Gasteiger partial charge in [0, 0.05) is 39.0 Å². The summed E-state index contributed by atoms with van der Waals surface area (Å²) < 4.78 is 10.1. The number of carbonyl (C=O) groups is 2. The second kappa shape index (κ2) is 9.49. The number of methoxy groups -OCH3 is 1. The van der Waals surface area contributed by atoms with Gasteiger partial charge in [-0.2, -0.15) is 0 Å². The summed E-state index contributed by atoms with van der Waals surface area (Å²) in [6, 6.07) is 9.55. The minimum absolute atomic E-state index is 0.0253. The minimum atomic E-state index is -0.999. The summed E-state index contributed by atoms with van der Waals surface area (Å²) in [5.41, 5.74) is -0.106. The van der Waals surface area contributed by atoms with Crippen LogP contribution < -0.4 is 0 Å². The zero-order valence-electron chi connectivity index (χ0n) is 16.5. The summed E-state index contributed by atoms with van der Waals surface area (Å²) >= 11 is 0. The number of esters is 1. The average molecular weight is 390 g/mol. The van der Waals surface area contributed by atoms with E-state index in [1.165, 1.54) is 7.11 Å². The zero-order valence-corrected chi connectivity index (χ0v) is 16.5. The van der Waals surface area contributed by atoms with Crippen LogP contribution >= 0.6 is 0 Å². The average Bonchev–Trinajstić information content (AvgIpc) is 2.75. The highest BCUT2D eigenvalue weighted by Crippen LogP contribution is 2.36. The normalized spacial score (nSPS) is 26.1. The number of nitrogens with zero attached hydrogens (tertiary/aromatic N) is 2. The predicted molar refractivity (Wildman–Crippen MR) is 104 cm³/mol. The molecular weight excluding hydrogens is 360 g/mol. The van der Waals surface area contributed by atoms with E-state index in [9.17, 15) is 14.7 Å². The van der Waals surface area contributed by atoms with Crippen molar-refractivity contribution in [3.8, 4) is 0 Å². The number of piperidine rings is 1. The Morgan fingerprint density at radius 3 is 2.57 bits per heavy atom. The fourth-order valence-corrected chi connectivity index (χ4v) is 4.16. The summed E-state index contributed by atoms with van der Waals surface area (Å²) in [7, 11) is 1.35. The first kappa shape index (κ1) is 20.8. The molecule has 2 fully saturated rings. The molecule has 1 aromatic carbocycles. The number of hydrogen-bond acceptors (Lipinski definition) is 6. The van der Waals surface area contributed by atoms with Crippen molar-refractivity contribution >= 4 is 11.9 Å². The molecule has 2 heterocycles. The zero-order chi connectivity index (χ0) is 20.0. The molecule has 0 saturated carbocycles. The number of amides is 1. The summed E-state index contributed by atoms with van der Waals surface area (Å²) in [6.07, 6.45) is 1.53. The van der Waals surface area contributed by atoms with Crippen molar-refractivity contribution in [2.24, 2.45) is 0 Å². The molecule has 1 N–H and O–H groups in total. The highest BCUT2D eigenvalue weighted by Gasteiger charge is 2.46. The number of hydrogen-bond donors (Lipinski definition) is 1. The van der Waals surface area contributed by atoms with E-state index in [4.69, 9.17) is 4.74 Å². The monoisotopic (exact) mass is 390 g/mol. The molecular formula is C21H30N2O5. The Kier molecular flexibility index (Phi) is 7.04. The molecule has 0 spiro atoms. The van der Waals surface area contributed by atoms with Crippen LogP contribution in [0.1, 0.15) is 31.2 Å². The molecule has 1 aromatic rings. The number of benzene rings is 1. The van der Waals surface area contributed by atoms with Gasteiger partial charge in [-0.1, -0.05) is 30.3 Å². The molecule has 7 nitrogen and oxygen atoms in total. The maximum Gasteiger partial charge on any atom is 0.305 e. The van der Waals surface area contributed by atoms with Gasteiger partial charge in [0.1, 0.15) is 5.60 Å². The van der Waals surface area contributed by atoms with Crippen LogP contribution in [0.2, 0.25) is 0 Å². The number of likely N-dealkylation sites (tertiary alicyclic amines) is 1. The highest BCUT2D eigenvalue weighted by molar-refractivity contribution is 5.77. The van der Waals surface area contributed by atoms with Gasteiger partial charge < -0.3 is 19.5 Å². The number of aliphatic hydroxyl groups is 1. The van der Waals surface area contributed by atoms with E-state index >= 15 is 0 Å². The van der Waals surface area contributed by atoms with Crippen molar-refractivity contribution in [3.05, 3.63) is 35.9 Å². The van der Waals surface area contributed by atoms with Crippen LogP contribution in [0.5, 0.6) is 0 Å². The topological polar surface area (TPSA) is 79.3 Å². The van der Waals surface area contributed by atoms with Crippen molar-refractivity contribution < 1.29 is 24.2 Å². The van der Waals surface area contributed by atoms with Crippen molar-refractivity contribution in [2.45, 2.75) is 37.3 Å². The van der Waals surface area contributed by atoms with Gasteiger partial charge in [-0.05, 0) is 18.4 Å². The van der Waals surface area contributed by atoms with Gasteiger partial charge in [0.25, 0.3) is 0 Å². The maximum atomic E-state index is 12.7. The van der Waals surface area contributed by atoms with E-state index in [0.29, 0.717) is 45.6 Å². The molecule has 0 unspecified atom stereocenters. The molecule has 2 aliphatic heterocycles. The fourth-order valence-electron chi connectivity index (χ4n) is 4.16. The van der Waals surface area contributed by atoms with Crippen molar-refractivity contribution in [1.29, 1.82) is 0 Å². The summed E-state index contributed by atoms with van der Waals surface area (Å²) in [4.78, 5) is 28.0. The first-order chi connectivity index (χ1) is 13.5. The number of morpholine rings is 1. The van der Waals surface area contributed by atoms with E-state index in [1.807, 2.05) is 35.2 Å². The molecule has 28 heavy (non-hydrogen) atoms. The highest BCUT2D eigenvalue weighted by atomic mass is 16.5. The van der Waals surface area contributed by atoms with E-state index in [-0.39, 0.29) is 24.3 Å². The van der Waals surface area contributed by atoms with Crippen LogP contribution in [0, 0.1) is 0 Å². The van der Waals surface area contributed by atoms with Gasteiger partial charge in [0.2, 0.25) is 5.91 Å². The molecule has 1 amide bonds. The third-order valence-corrected chi connectivity index (χ3v) is 5.82. The Bertz CT molecular complexity index is 662. The summed E-state index contributed by atoms with van der Waals surface area (Å²) in [5, 5.41) is 11.7. The molecule has 154 valence electrons. The molecule has 0 aliphatic carbocycles. The van der Waals surface area contributed by atoms with Gasteiger partial charge in [-0.25, -0.2) is 0 Å². The van der Waals surface area contributed by atoms with Crippen LogP contribution in [0.4, 0.5) is 0 Å². The maximum absolute atomic E-state index is 12.7. The third kappa shape index (κ3) is 4.71. The second-order valence-corrected chi connectivity index (χ2v) is 7.47. The lowest BCUT2D eigenvalue weighted by atomic mass is 9.79. The SMILES string of the molecule is COC(=O)CCCC(=O)N1CC[C@](O)(c2ccccc2)[C@H](N2CCOCC2)C1. The molecule has 2 atom stereocenters. The summed E-state index contributed by atoms with van der Waals surface area (Å²) in [6.45, 7) is 3.73. The number of rotatable bonds is 6. The quantitative estimate of drug-likeness (QED) is 0.734. The minimum Gasteiger partial charge on any atom is -0.469 e. The standard InChI is InChI=1S/C21H30N2O5/c1-27-20(25)9-5-8-19(24)23-11-10-21(26,17-6-3-2-4-7-17)18(16-23)22-12-14-28-15-13-22/h2-4,6-7,18,26H,5,8-16H2,1H3/t18-,21+/m1/s1. The van der Waals surface area contributed by atoms with Crippen molar-refractivity contribution in [1.82, 2.24) is 9.80 Å². The Morgan fingerprint density at radius 1 is 1.18 bits per heavy atom. The molecule has 2 saturated heterocycles. The Labute approximate surface area is 166 Å². The predicted octanol–water partition coefficient (Wildman–Crippen LogP) is 1.15. The van der Waals surface area contributed by atoms with E-state index in [2.05, 4.69) is 9.64 Å². The molecule has 0 radical (unpaired) electrons. The Hall–Kier alpha value is -1.96. The number of carbonyl (C=O) groups excluding carboxylic acids is 2. The van der Waals surface area contributed by atoms with Crippen LogP contribution in [0.25, 0.3) is 0 Å². The lowest BCUT2D eigenvalue weighted by Gasteiger charge is -2.50. The molecule has 0 bridgehead atoms. The van der Waals surface area contributed by atoms with E-state index < -0.39 is 5.60 Å². The fraction of sp³-hybridized carbons (Fsp3) is 0.619. The first-order valence-electron chi connectivity index (χ1n) is 9.99. The van der Waals surface area contributed by atoms with Gasteiger partial charge >= 0.3 is 5.97 Å². The summed E-state index contributed by atoms with van der Waals surface area (Å²) in [5.74, 6) is -0.270. The lowest BCUT2D eigenvalue weighted by molar-refractivity contribution is -0.148. The van der Waals surface area contributed by atoms with Crippen LogP contribution in [-0.4, -0.2) is 79.3 Å². The lowest BCUT2D eigenvalue weighted by Crippen LogP contribution is -2.63. The van der Waals surface area contributed by atoms with Gasteiger partial charge in [-0.15, -0.1) is 0 Å². The van der Waals surface area contributed by atoms with Crippen molar-refractivity contribution in [2.75, 3.05) is 46.5 Å². The molecule has 7 heteroatoms. The largest absolute Gasteiger partial charge is 0.469 e. The molecule has 2 aliphatic rings. The Morgan fingerprint density at radius 2 is 1.89 bits per heavy atom. The molecule has 0 aromatic heterocycles. The second-order valence-electron chi connectivity index (χ2n) is 7.47. The van der Waals surface area contributed by atoms with Crippen molar-refractivity contribution in [3.63, 3.8) is 0 Å². The van der Waals surface area contributed by atoms with Crippen LogP contribution in [-0.2, 0) is 24.7 Å². The van der Waals surface area contributed by atoms with Gasteiger partial charge in [0.15, 0.2) is 0 Å². The number of ether oxygens (including phenoxy) is 2. The van der Waals surface area contributed by atoms with E-state index in [0.717, 1.165) is 18.7 Å². The first-order valence-corrected chi connectivity index (χ1v) is 9.99. The Balaban J connectivity index is 1.71. The van der Waals surface area contributed by atoms with Gasteiger partial charge in [0.05, 0.1) is 26.4 Å². The van der Waals surface area contributed by atoms with E-state index in [1.54, 1.807) is 0 Å². The third-order valence-electron chi connectivity index (χ3n) is 5.82. The van der Waals surface area contributed by atoms with Crippen LogP contribution in [0.3, 0.4) is 0 Å². The van der Waals surface area contributed by atoms with Gasteiger partial charge in [-0.3, -0.25) is 14.5 Å².